The molecule has 3 aliphatic heterocycles. The Hall–Kier alpha value is -4.95. The third-order valence-corrected chi connectivity index (χ3v) is 15.4. The molecule has 0 radical (unpaired) electrons. The fraction of sp³-hybridized carbons (Fsp3) is 0.610. The maximum absolute atomic E-state index is 15.4. The van der Waals surface area contributed by atoms with E-state index >= 15 is 4.79 Å². The molecule has 7 unspecified atom stereocenters. The van der Waals surface area contributed by atoms with Crippen LogP contribution in [0.2, 0.25) is 0 Å². The molecule has 2 N–H and O–H groups in total. The van der Waals surface area contributed by atoms with Crippen LogP contribution in [0.15, 0.2) is 84.1 Å². The van der Waals surface area contributed by atoms with E-state index in [1.54, 1.807) is 6.08 Å². The van der Waals surface area contributed by atoms with Crippen LogP contribution in [-0.2, 0) is 32.3 Å². The van der Waals surface area contributed by atoms with Gasteiger partial charge in [0.2, 0.25) is 24.8 Å². The highest BCUT2D eigenvalue weighted by Gasteiger charge is 2.65. The molecule has 1 saturated heterocycles. The molecule has 13 heteroatoms. The number of carbonyl (C=O) groups is 1. The standard InChI is InChI=1S/C59H81N3O10/c1-4-6-7-8-9-10-11-12-13-25-55(65)62(39-43-27-29-52-53(35-43)69-41-68-52)54-38-50(61-72-56-26-16-19-34-66-56)48-36-44(22-14-17-31-63)47(24-15-18-32-64)57-49-37-46(67-40-45-23-20-21-42(3)60-45)28-30-51(49)71-59(54,58(48)57)70-33-5-2/h5,20-21,23,27-30,35-37,44,47,54,56-58,63-64H,2,4,6-19,22,24-26,31-34,38-41H2,1,3H3. The van der Waals surface area contributed by atoms with Crippen molar-refractivity contribution in [1.29, 1.82) is 0 Å². The summed E-state index contributed by atoms with van der Waals surface area (Å²) in [5.41, 5.74) is 5.39. The first-order chi connectivity index (χ1) is 35.3. The van der Waals surface area contributed by atoms with Crippen molar-refractivity contribution in [2.75, 3.05) is 33.2 Å². The van der Waals surface area contributed by atoms with Gasteiger partial charge in [-0.1, -0.05) is 101 Å². The lowest BCUT2D eigenvalue weighted by molar-refractivity contribution is -0.258. The second-order valence-corrected chi connectivity index (χ2v) is 20.5. The number of aryl methyl sites for hydroxylation is 1. The van der Waals surface area contributed by atoms with Crippen molar-refractivity contribution in [1.82, 2.24) is 9.88 Å². The zero-order valence-corrected chi connectivity index (χ0v) is 43.1. The minimum Gasteiger partial charge on any atom is -0.487 e. The Bertz CT molecular complexity index is 2280. The summed E-state index contributed by atoms with van der Waals surface area (Å²) < 4.78 is 39.2. The molecule has 0 spiro atoms. The number of carbonyl (C=O) groups excluding carboxylic acids is 1. The van der Waals surface area contributed by atoms with E-state index in [-0.39, 0.29) is 56.8 Å². The topological polar surface area (TPSA) is 151 Å². The third kappa shape index (κ3) is 13.2. The fourth-order valence-electron chi connectivity index (χ4n) is 11.8. The van der Waals surface area contributed by atoms with E-state index in [9.17, 15) is 10.2 Å². The smallest absolute Gasteiger partial charge is 0.239 e. The van der Waals surface area contributed by atoms with Crippen LogP contribution in [0, 0.1) is 24.7 Å². The van der Waals surface area contributed by atoms with Crippen molar-refractivity contribution in [2.45, 2.75) is 179 Å². The number of aliphatic hydroxyl groups excluding tert-OH is 2. The first-order valence-corrected chi connectivity index (χ1v) is 27.4. The van der Waals surface area contributed by atoms with Gasteiger partial charge in [0.25, 0.3) is 0 Å². The largest absolute Gasteiger partial charge is 0.487 e. The van der Waals surface area contributed by atoms with Crippen LogP contribution in [0.4, 0.5) is 0 Å². The number of amides is 1. The number of fused-ring (bicyclic) bond motifs is 3. The molecule has 2 aliphatic carbocycles. The summed E-state index contributed by atoms with van der Waals surface area (Å²) in [6.45, 7) is 10.1. The molecule has 1 aromatic heterocycles. The number of allylic oxidation sites excluding steroid dienone is 1. The molecule has 8 rings (SSSR count). The molecule has 4 heterocycles. The molecule has 392 valence electrons. The fourth-order valence-corrected chi connectivity index (χ4v) is 11.8. The summed E-state index contributed by atoms with van der Waals surface area (Å²) in [5, 5.41) is 25.3. The van der Waals surface area contributed by atoms with E-state index in [1.165, 1.54) is 38.5 Å². The molecule has 7 atom stereocenters. The number of hydrogen-bond acceptors (Lipinski definition) is 12. The van der Waals surface area contributed by atoms with Gasteiger partial charge in [0.1, 0.15) is 24.1 Å². The quantitative estimate of drug-likeness (QED) is 0.0389. The molecule has 5 aliphatic rings. The number of nitrogens with zero attached hydrogens (tertiary/aromatic N) is 3. The first kappa shape index (κ1) is 53.3. The highest BCUT2D eigenvalue weighted by atomic mass is 16.8. The van der Waals surface area contributed by atoms with Gasteiger partial charge in [0.05, 0.1) is 30.5 Å². The van der Waals surface area contributed by atoms with Crippen LogP contribution in [0.3, 0.4) is 0 Å². The van der Waals surface area contributed by atoms with Gasteiger partial charge in [-0.3, -0.25) is 9.78 Å². The number of hydrogen-bond donors (Lipinski definition) is 2. The highest BCUT2D eigenvalue weighted by Crippen LogP contribution is 2.62. The van der Waals surface area contributed by atoms with Crippen LogP contribution >= 0.6 is 0 Å². The van der Waals surface area contributed by atoms with Crippen molar-refractivity contribution in [2.24, 2.45) is 22.9 Å². The molecule has 72 heavy (non-hydrogen) atoms. The normalized spacial score (nSPS) is 24.4. The second-order valence-electron chi connectivity index (χ2n) is 20.5. The number of oxime groups is 1. The summed E-state index contributed by atoms with van der Waals surface area (Å²) in [7, 11) is 0. The van der Waals surface area contributed by atoms with E-state index in [2.05, 4.69) is 25.6 Å². The zero-order valence-electron chi connectivity index (χ0n) is 43.1. The van der Waals surface area contributed by atoms with Crippen molar-refractivity contribution >= 4 is 11.6 Å². The maximum Gasteiger partial charge on any atom is 0.239 e. The minimum atomic E-state index is -1.40. The summed E-state index contributed by atoms with van der Waals surface area (Å²) in [6, 6.07) is 17.3. The molecule has 3 aromatic rings. The number of benzene rings is 2. The number of unbranched alkanes of at least 4 members (excludes halogenated alkanes) is 10. The summed E-state index contributed by atoms with van der Waals surface area (Å²) in [4.78, 5) is 28.6. The number of aromatic nitrogens is 1. The Morgan fingerprint density at radius 1 is 0.903 bits per heavy atom. The number of ether oxygens (including phenoxy) is 6. The summed E-state index contributed by atoms with van der Waals surface area (Å²) >= 11 is 0. The Morgan fingerprint density at radius 3 is 2.44 bits per heavy atom. The molecule has 2 aromatic carbocycles. The molecule has 2 fully saturated rings. The van der Waals surface area contributed by atoms with Gasteiger partial charge in [-0.15, -0.1) is 6.58 Å². The molecule has 1 saturated carbocycles. The van der Waals surface area contributed by atoms with Crippen LogP contribution in [0.5, 0.6) is 23.0 Å². The van der Waals surface area contributed by atoms with Crippen LogP contribution in [0.1, 0.15) is 164 Å². The lowest BCUT2D eigenvalue weighted by Crippen LogP contribution is -2.70. The van der Waals surface area contributed by atoms with Crippen LogP contribution in [0.25, 0.3) is 0 Å². The van der Waals surface area contributed by atoms with E-state index < -0.39 is 24.0 Å². The van der Waals surface area contributed by atoms with Gasteiger partial charge in [-0.2, -0.15) is 0 Å². The van der Waals surface area contributed by atoms with Gasteiger partial charge < -0.3 is 48.4 Å². The van der Waals surface area contributed by atoms with Crippen LogP contribution < -0.4 is 18.9 Å². The molecule has 13 nitrogen and oxygen atoms in total. The first-order valence-electron chi connectivity index (χ1n) is 27.4. The van der Waals surface area contributed by atoms with Gasteiger partial charge in [0, 0.05) is 56.2 Å². The second kappa shape index (κ2) is 26.8. The van der Waals surface area contributed by atoms with Gasteiger partial charge >= 0.3 is 0 Å². The summed E-state index contributed by atoms with van der Waals surface area (Å²) in [5.74, 6) is 0.809. The summed E-state index contributed by atoms with van der Waals surface area (Å²) in [6.07, 6.45) is 22.0. The van der Waals surface area contributed by atoms with Crippen molar-refractivity contribution in [3.63, 3.8) is 0 Å². The minimum absolute atomic E-state index is 0.0159. The van der Waals surface area contributed by atoms with E-state index in [1.807, 2.05) is 60.4 Å². The predicted octanol–water partition coefficient (Wildman–Crippen LogP) is 11.8. The van der Waals surface area contributed by atoms with Crippen molar-refractivity contribution in [3.8, 4) is 23.0 Å². The van der Waals surface area contributed by atoms with E-state index in [4.69, 9.17) is 43.4 Å². The van der Waals surface area contributed by atoms with Crippen molar-refractivity contribution in [3.05, 3.63) is 101 Å². The van der Waals surface area contributed by atoms with Gasteiger partial charge in [-0.05, 0) is 117 Å². The SMILES string of the molecule is C=CCOC12Oc3ccc(OCc4cccc(C)n4)cc3C3C(CCCCO)C(CCCCO)C=C(C(=NOC4CCCCO4)CC1N(Cc1ccc4c(c1)OCO4)C(=O)CCCCCCCCCCC)C32. The van der Waals surface area contributed by atoms with E-state index in [0.717, 1.165) is 98.0 Å². The molecular formula is C59H81N3O10. The maximum atomic E-state index is 15.4. The van der Waals surface area contributed by atoms with Gasteiger partial charge in [0.15, 0.2) is 11.5 Å². The highest BCUT2D eigenvalue weighted by molar-refractivity contribution is 6.03. The number of aliphatic hydroxyl groups is 2. The number of rotatable bonds is 29. The van der Waals surface area contributed by atoms with Crippen LogP contribution in [-0.4, -0.2) is 83.1 Å². The Balaban J connectivity index is 1.25. The predicted molar refractivity (Wildman–Crippen MR) is 278 cm³/mol. The zero-order chi connectivity index (χ0) is 50.1. The monoisotopic (exact) mass is 992 g/mol. The Kier molecular flexibility index (Phi) is 19.9. The van der Waals surface area contributed by atoms with E-state index in [0.29, 0.717) is 61.9 Å². The third-order valence-electron chi connectivity index (χ3n) is 15.4. The molecule has 1 amide bonds. The average Bonchev–Trinajstić information content (AvgIpc) is 3.87. The van der Waals surface area contributed by atoms with Gasteiger partial charge in [-0.25, -0.2) is 0 Å². The average molecular weight is 992 g/mol. The lowest BCUT2D eigenvalue weighted by Gasteiger charge is -2.60. The molecular weight excluding hydrogens is 911 g/mol. The van der Waals surface area contributed by atoms with Crippen molar-refractivity contribution < 1.29 is 48.3 Å². The Labute approximate surface area is 428 Å². The Morgan fingerprint density at radius 2 is 1.68 bits per heavy atom. The lowest BCUT2D eigenvalue weighted by atomic mass is 9.55. The molecule has 0 bridgehead atoms. The number of pyridine rings is 1.